The van der Waals surface area contributed by atoms with Crippen LogP contribution >= 0.6 is 0 Å². The van der Waals surface area contributed by atoms with Crippen molar-refractivity contribution in [2.45, 2.75) is 13.0 Å². The molecule has 0 saturated heterocycles. The summed E-state index contributed by atoms with van der Waals surface area (Å²) in [6.07, 6.45) is 0. The highest BCUT2D eigenvalue weighted by atomic mass is 15.2. The van der Waals surface area contributed by atoms with E-state index in [1.165, 1.54) is 16.3 Å². The molecule has 0 unspecified atom stereocenters. The predicted molar refractivity (Wildman–Crippen MR) is 124 cm³/mol. The summed E-state index contributed by atoms with van der Waals surface area (Å²) in [7, 11) is 0. The highest BCUT2D eigenvalue weighted by Gasteiger charge is 2.12. The van der Waals surface area contributed by atoms with Crippen LogP contribution in [-0.2, 0) is 0 Å². The number of benzene rings is 3. The second kappa shape index (κ2) is 9.09. The first-order valence-corrected chi connectivity index (χ1v) is 9.97. The molecule has 0 fully saturated rings. The highest BCUT2D eigenvalue weighted by molar-refractivity contribution is 5.86. The van der Waals surface area contributed by atoms with Crippen LogP contribution in [-0.4, -0.2) is 28.0 Å². The van der Waals surface area contributed by atoms with Crippen molar-refractivity contribution in [1.82, 2.24) is 15.0 Å². The van der Waals surface area contributed by atoms with Gasteiger partial charge in [-0.15, -0.1) is 0 Å². The van der Waals surface area contributed by atoms with Crippen LogP contribution in [0.3, 0.4) is 0 Å². The van der Waals surface area contributed by atoms with E-state index < -0.39 is 0 Å². The molecule has 1 heterocycles. The average molecular weight is 400 g/mol. The van der Waals surface area contributed by atoms with Gasteiger partial charge >= 0.3 is 0 Å². The lowest BCUT2D eigenvalue weighted by Crippen LogP contribution is -2.17. The summed E-state index contributed by atoms with van der Waals surface area (Å²) in [5.41, 5.74) is 8.15. The van der Waals surface area contributed by atoms with Gasteiger partial charge < -0.3 is 21.7 Å². The molecule has 0 saturated carbocycles. The molecule has 0 amide bonds. The topological polar surface area (TPSA) is 101 Å². The molecule has 0 aliphatic carbocycles. The number of para-hydroxylation sites is 1. The molecular formula is C23H25N7. The molecule has 4 rings (SSSR count). The molecule has 0 bridgehead atoms. The molecule has 0 aliphatic heterocycles. The normalized spacial score (nSPS) is 11.8. The largest absolute Gasteiger partial charge is 0.383 e. The Morgan fingerprint density at radius 2 is 1.47 bits per heavy atom. The summed E-state index contributed by atoms with van der Waals surface area (Å²) in [6, 6.07) is 24.6. The summed E-state index contributed by atoms with van der Waals surface area (Å²) in [5.74, 6) is 1.07. The Morgan fingerprint density at radius 3 is 2.33 bits per heavy atom. The van der Waals surface area contributed by atoms with Crippen molar-refractivity contribution in [3.8, 4) is 0 Å². The Balaban J connectivity index is 1.41. The summed E-state index contributed by atoms with van der Waals surface area (Å²) in [6.45, 7) is 3.46. The number of nitrogen functional groups attached to an aromatic ring is 1. The smallest absolute Gasteiger partial charge is 0.229 e. The van der Waals surface area contributed by atoms with Crippen LogP contribution in [0.15, 0.2) is 72.8 Å². The van der Waals surface area contributed by atoms with Gasteiger partial charge in [0.15, 0.2) is 0 Å². The summed E-state index contributed by atoms with van der Waals surface area (Å²) in [5, 5.41) is 12.3. The molecule has 5 N–H and O–H groups in total. The molecule has 3 aromatic carbocycles. The fourth-order valence-corrected chi connectivity index (χ4v) is 3.37. The van der Waals surface area contributed by atoms with E-state index in [1.807, 2.05) is 42.5 Å². The van der Waals surface area contributed by atoms with Gasteiger partial charge in [-0.1, -0.05) is 60.7 Å². The Morgan fingerprint density at radius 1 is 0.767 bits per heavy atom. The SMILES string of the molecule is C[C@H](Nc1nc(N)nc(NCCNc2ccccc2)n1)c1cccc2ccccc12. The fraction of sp³-hybridized carbons (Fsp3) is 0.174. The van der Waals surface area contributed by atoms with Gasteiger partial charge in [-0.25, -0.2) is 0 Å². The van der Waals surface area contributed by atoms with Crippen LogP contribution in [0.1, 0.15) is 18.5 Å². The van der Waals surface area contributed by atoms with Crippen LogP contribution in [0.5, 0.6) is 0 Å². The second-order valence-corrected chi connectivity index (χ2v) is 6.99. The van der Waals surface area contributed by atoms with Gasteiger partial charge in [-0.05, 0) is 35.4 Å². The number of rotatable bonds is 8. The number of hydrogen-bond acceptors (Lipinski definition) is 7. The van der Waals surface area contributed by atoms with Crippen molar-refractivity contribution in [1.29, 1.82) is 0 Å². The number of nitrogens with zero attached hydrogens (tertiary/aromatic N) is 3. The van der Waals surface area contributed by atoms with Crippen molar-refractivity contribution in [3.63, 3.8) is 0 Å². The van der Waals surface area contributed by atoms with Crippen LogP contribution in [0.4, 0.5) is 23.5 Å². The highest BCUT2D eigenvalue weighted by Crippen LogP contribution is 2.26. The summed E-state index contributed by atoms with van der Waals surface area (Å²) in [4.78, 5) is 12.9. The maximum Gasteiger partial charge on any atom is 0.229 e. The van der Waals surface area contributed by atoms with E-state index in [4.69, 9.17) is 5.73 Å². The zero-order valence-corrected chi connectivity index (χ0v) is 16.8. The lowest BCUT2D eigenvalue weighted by molar-refractivity contribution is 0.862. The lowest BCUT2D eigenvalue weighted by atomic mass is 10.00. The third-order valence-electron chi connectivity index (χ3n) is 4.80. The van der Waals surface area contributed by atoms with Gasteiger partial charge in [0.05, 0.1) is 6.04 Å². The molecule has 152 valence electrons. The van der Waals surface area contributed by atoms with E-state index in [0.29, 0.717) is 18.4 Å². The maximum atomic E-state index is 5.90. The number of fused-ring (bicyclic) bond motifs is 1. The van der Waals surface area contributed by atoms with Crippen molar-refractivity contribution < 1.29 is 0 Å². The van der Waals surface area contributed by atoms with Gasteiger partial charge in [-0.3, -0.25) is 0 Å². The lowest BCUT2D eigenvalue weighted by Gasteiger charge is -2.17. The molecule has 1 aromatic heterocycles. The Labute approximate surface area is 175 Å². The summed E-state index contributed by atoms with van der Waals surface area (Å²) < 4.78 is 0. The minimum absolute atomic E-state index is 0.00509. The van der Waals surface area contributed by atoms with E-state index in [1.54, 1.807) is 0 Å². The zero-order valence-electron chi connectivity index (χ0n) is 16.8. The van der Waals surface area contributed by atoms with Crippen LogP contribution in [0.25, 0.3) is 10.8 Å². The van der Waals surface area contributed by atoms with Gasteiger partial charge in [0, 0.05) is 18.8 Å². The van der Waals surface area contributed by atoms with Crippen molar-refractivity contribution in [2.75, 3.05) is 34.8 Å². The molecule has 1 atom stereocenters. The standard InChI is InChI=1S/C23H25N7/c1-16(19-13-7-9-17-8-5-6-12-20(17)19)27-23-29-21(24)28-22(30-23)26-15-14-25-18-10-3-2-4-11-18/h2-13,16,25H,14-15H2,1H3,(H4,24,26,27,28,29,30)/t16-/m0/s1. The first-order valence-electron chi connectivity index (χ1n) is 9.97. The molecule has 7 nitrogen and oxygen atoms in total. The van der Waals surface area contributed by atoms with Gasteiger partial charge in [0.2, 0.25) is 17.8 Å². The van der Waals surface area contributed by atoms with E-state index in [0.717, 1.165) is 12.2 Å². The molecule has 0 radical (unpaired) electrons. The molecular weight excluding hydrogens is 374 g/mol. The number of nitrogens with one attached hydrogen (secondary N) is 3. The first-order chi connectivity index (χ1) is 14.7. The first kappa shape index (κ1) is 19.4. The minimum Gasteiger partial charge on any atom is -0.383 e. The van der Waals surface area contributed by atoms with Gasteiger partial charge in [0.1, 0.15) is 0 Å². The molecule has 0 spiro atoms. The quantitative estimate of drug-likeness (QED) is 0.328. The zero-order chi connectivity index (χ0) is 20.8. The van der Waals surface area contributed by atoms with Gasteiger partial charge in [-0.2, -0.15) is 15.0 Å². The van der Waals surface area contributed by atoms with E-state index in [9.17, 15) is 0 Å². The maximum absolute atomic E-state index is 5.90. The molecule has 7 heteroatoms. The van der Waals surface area contributed by atoms with Crippen molar-refractivity contribution in [3.05, 3.63) is 78.4 Å². The number of hydrogen-bond donors (Lipinski definition) is 4. The Bertz CT molecular complexity index is 1110. The van der Waals surface area contributed by atoms with E-state index >= 15 is 0 Å². The third kappa shape index (κ3) is 4.75. The van der Waals surface area contributed by atoms with E-state index in [2.05, 4.69) is 68.2 Å². The van der Waals surface area contributed by atoms with Crippen LogP contribution < -0.4 is 21.7 Å². The van der Waals surface area contributed by atoms with Gasteiger partial charge in [0.25, 0.3) is 0 Å². The average Bonchev–Trinajstić information content (AvgIpc) is 2.76. The molecule has 4 aromatic rings. The Kier molecular flexibility index (Phi) is 5.89. The molecule has 30 heavy (non-hydrogen) atoms. The monoisotopic (exact) mass is 399 g/mol. The van der Waals surface area contributed by atoms with Crippen molar-refractivity contribution >= 4 is 34.3 Å². The minimum atomic E-state index is 0.00509. The number of nitrogens with two attached hydrogens (primary N) is 1. The van der Waals surface area contributed by atoms with Crippen LogP contribution in [0.2, 0.25) is 0 Å². The predicted octanol–water partition coefficient (Wildman–Crippen LogP) is 4.30. The number of anilines is 4. The fourth-order valence-electron chi connectivity index (χ4n) is 3.37. The second-order valence-electron chi connectivity index (χ2n) is 6.99. The number of aromatic nitrogens is 3. The van der Waals surface area contributed by atoms with Crippen molar-refractivity contribution in [2.24, 2.45) is 0 Å². The Hall–Kier alpha value is -3.87. The summed E-state index contributed by atoms with van der Waals surface area (Å²) >= 11 is 0. The van der Waals surface area contributed by atoms with Crippen LogP contribution in [0, 0.1) is 0 Å². The molecule has 0 aliphatic rings. The van der Waals surface area contributed by atoms with E-state index in [-0.39, 0.29) is 12.0 Å². The third-order valence-corrected chi connectivity index (χ3v) is 4.80.